The Balaban J connectivity index is 2.48. The first kappa shape index (κ1) is 10.5. The second kappa shape index (κ2) is 3.89. The van der Waals surface area contributed by atoms with Gasteiger partial charge in [0.05, 0.1) is 6.20 Å². The fourth-order valence-corrected chi connectivity index (χ4v) is 1.62. The Morgan fingerprint density at radius 1 is 1.31 bits per heavy atom. The number of nitrogen functional groups attached to an aromatic ring is 1. The van der Waals surface area contributed by atoms with Gasteiger partial charge in [-0.05, 0) is 17.7 Å². The summed E-state index contributed by atoms with van der Waals surface area (Å²) in [6.07, 6.45) is 1.80. The van der Waals surface area contributed by atoms with Crippen LogP contribution in [0.5, 0.6) is 0 Å². The van der Waals surface area contributed by atoms with Crippen molar-refractivity contribution in [3.63, 3.8) is 0 Å². The maximum absolute atomic E-state index is 5.95. The van der Waals surface area contributed by atoms with Gasteiger partial charge >= 0.3 is 0 Å². The Kier molecular flexibility index (Phi) is 2.56. The molecule has 2 rings (SSSR count). The summed E-state index contributed by atoms with van der Waals surface area (Å²) in [6, 6.07) is 8.24. The molecule has 0 bridgehead atoms. The Morgan fingerprint density at radius 3 is 2.62 bits per heavy atom. The van der Waals surface area contributed by atoms with Crippen molar-refractivity contribution in [1.29, 1.82) is 0 Å². The van der Waals surface area contributed by atoms with Crippen LogP contribution in [0.2, 0.25) is 0 Å². The summed E-state index contributed by atoms with van der Waals surface area (Å²) in [5.41, 5.74) is 9.17. The molecule has 2 N–H and O–H groups in total. The first-order valence-electron chi connectivity index (χ1n) is 5.15. The van der Waals surface area contributed by atoms with Crippen LogP contribution in [0.1, 0.15) is 0 Å². The number of aryl methyl sites for hydroxylation is 1. The van der Waals surface area contributed by atoms with Crippen molar-refractivity contribution >= 4 is 11.5 Å². The summed E-state index contributed by atoms with van der Waals surface area (Å²) in [4.78, 5) is 2.07. The molecule has 0 amide bonds. The molecule has 0 aliphatic carbocycles. The fraction of sp³-hybridized carbons (Fsp3) is 0.250. The maximum atomic E-state index is 5.95. The maximum Gasteiger partial charge on any atom is 0.129 e. The molecular weight excluding hydrogens is 200 g/mol. The Bertz CT molecular complexity index is 499. The molecule has 0 spiro atoms. The van der Waals surface area contributed by atoms with Crippen LogP contribution < -0.4 is 10.6 Å². The van der Waals surface area contributed by atoms with E-state index < -0.39 is 0 Å². The van der Waals surface area contributed by atoms with Gasteiger partial charge in [0.15, 0.2) is 0 Å². The van der Waals surface area contributed by atoms with Gasteiger partial charge in [0, 0.05) is 32.4 Å². The van der Waals surface area contributed by atoms with Crippen LogP contribution in [0.3, 0.4) is 0 Å². The van der Waals surface area contributed by atoms with Crippen molar-refractivity contribution in [2.24, 2.45) is 7.05 Å². The molecule has 0 atom stereocenters. The van der Waals surface area contributed by atoms with Gasteiger partial charge in [-0.15, -0.1) is 0 Å². The van der Waals surface area contributed by atoms with Crippen LogP contribution in [-0.4, -0.2) is 23.9 Å². The van der Waals surface area contributed by atoms with Crippen molar-refractivity contribution in [3.8, 4) is 11.1 Å². The van der Waals surface area contributed by atoms with Gasteiger partial charge in [-0.25, -0.2) is 0 Å². The average molecular weight is 216 g/mol. The predicted molar refractivity (Wildman–Crippen MR) is 67.4 cm³/mol. The predicted octanol–water partition coefficient (Wildman–Crippen LogP) is 1.74. The van der Waals surface area contributed by atoms with E-state index in [4.69, 9.17) is 5.73 Å². The molecule has 1 aromatic carbocycles. The van der Waals surface area contributed by atoms with Gasteiger partial charge in [0.25, 0.3) is 0 Å². The van der Waals surface area contributed by atoms with Crippen LogP contribution >= 0.6 is 0 Å². The van der Waals surface area contributed by atoms with Gasteiger partial charge in [0.2, 0.25) is 0 Å². The smallest absolute Gasteiger partial charge is 0.129 e. The summed E-state index contributed by atoms with van der Waals surface area (Å²) in [5, 5.41) is 4.15. The molecule has 0 aliphatic rings. The van der Waals surface area contributed by atoms with E-state index in [2.05, 4.69) is 22.1 Å². The highest BCUT2D eigenvalue weighted by Gasteiger charge is 2.07. The van der Waals surface area contributed by atoms with Gasteiger partial charge in [-0.2, -0.15) is 5.10 Å². The van der Waals surface area contributed by atoms with E-state index in [1.807, 2.05) is 33.3 Å². The third-order valence-electron chi connectivity index (χ3n) is 2.66. The zero-order valence-corrected chi connectivity index (χ0v) is 9.81. The fourth-order valence-electron chi connectivity index (χ4n) is 1.62. The average Bonchev–Trinajstić information content (AvgIpc) is 2.60. The summed E-state index contributed by atoms with van der Waals surface area (Å²) in [6.45, 7) is 0. The van der Waals surface area contributed by atoms with Crippen molar-refractivity contribution in [2.75, 3.05) is 24.7 Å². The lowest BCUT2D eigenvalue weighted by atomic mass is 10.1. The number of rotatable bonds is 2. The SMILES string of the molecule is CN(C)c1cccc(-c2cnn(C)c2N)c1. The van der Waals surface area contributed by atoms with Crippen LogP contribution in [-0.2, 0) is 7.05 Å². The number of anilines is 2. The zero-order valence-electron chi connectivity index (χ0n) is 9.81. The second-order valence-electron chi connectivity index (χ2n) is 4.01. The molecule has 4 heteroatoms. The normalized spacial score (nSPS) is 10.4. The molecule has 0 fully saturated rings. The zero-order chi connectivity index (χ0) is 11.7. The molecule has 2 aromatic rings. The Labute approximate surface area is 95.3 Å². The molecule has 1 aromatic heterocycles. The second-order valence-corrected chi connectivity index (χ2v) is 4.01. The van der Waals surface area contributed by atoms with E-state index in [-0.39, 0.29) is 0 Å². The first-order chi connectivity index (χ1) is 7.59. The molecule has 0 saturated carbocycles. The third kappa shape index (κ3) is 1.74. The number of nitrogens with zero attached hydrogens (tertiary/aromatic N) is 3. The molecule has 0 unspecified atom stereocenters. The van der Waals surface area contributed by atoms with Crippen LogP contribution in [0, 0.1) is 0 Å². The monoisotopic (exact) mass is 216 g/mol. The number of benzene rings is 1. The largest absolute Gasteiger partial charge is 0.383 e. The summed E-state index contributed by atoms with van der Waals surface area (Å²) < 4.78 is 1.68. The van der Waals surface area contributed by atoms with E-state index in [1.165, 1.54) is 0 Å². The number of hydrogen-bond acceptors (Lipinski definition) is 3. The molecule has 84 valence electrons. The van der Waals surface area contributed by atoms with E-state index in [0.717, 1.165) is 16.8 Å². The number of nitrogens with two attached hydrogens (primary N) is 1. The van der Waals surface area contributed by atoms with Gasteiger partial charge in [0.1, 0.15) is 5.82 Å². The molecule has 0 radical (unpaired) electrons. The van der Waals surface area contributed by atoms with Crippen LogP contribution in [0.25, 0.3) is 11.1 Å². The van der Waals surface area contributed by atoms with Crippen molar-refractivity contribution in [1.82, 2.24) is 9.78 Å². The topological polar surface area (TPSA) is 47.1 Å². The summed E-state index contributed by atoms with van der Waals surface area (Å²) >= 11 is 0. The standard InChI is InChI=1S/C12H16N4/c1-15(2)10-6-4-5-9(7-10)11-8-14-16(3)12(11)13/h4-8H,13H2,1-3H3. The van der Waals surface area contributed by atoms with E-state index in [9.17, 15) is 0 Å². The van der Waals surface area contributed by atoms with E-state index >= 15 is 0 Å². The quantitative estimate of drug-likeness (QED) is 0.831. The number of hydrogen-bond donors (Lipinski definition) is 1. The lowest BCUT2D eigenvalue weighted by Gasteiger charge is -2.13. The summed E-state index contributed by atoms with van der Waals surface area (Å²) in [5.74, 6) is 0.691. The molecule has 4 nitrogen and oxygen atoms in total. The van der Waals surface area contributed by atoms with Gasteiger partial charge < -0.3 is 10.6 Å². The Morgan fingerprint density at radius 2 is 2.06 bits per heavy atom. The van der Waals surface area contributed by atoms with Gasteiger partial charge in [-0.3, -0.25) is 4.68 Å². The van der Waals surface area contributed by atoms with Crippen LogP contribution in [0.4, 0.5) is 11.5 Å². The lowest BCUT2D eigenvalue weighted by molar-refractivity contribution is 0.779. The molecule has 0 aliphatic heterocycles. The molecule has 1 heterocycles. The minimum Gasteiger partial charge on any atom is -0.383 e. The first-order valence-corrected chi connectivity index (χ1v) is 5.15. The van der Waals surface area contributed by atoms with Crippen molar-refractivity contribution < 1.29 is 0 Å². The minimum absolute atomic E-state index is 0.691. The van der Waals surface area contributed by atoms with Crippen molar-refractivity contribution in [2.45, 2.75) is 0 Å². The van der Waals surface area contributed by atoms with Crippen LogP contribution in [0.15, 0.2) is 30.5 Å². The highest BCUT2D eigenvalue weighted by molar-refractivity contribution is 5.76. The van der Waals surface area contributed by atoms with E-state index in [0.29, 0.717) is 5.82 Å². The van der Waals surface area contributed by atoms with E-state index in [1.54, 1.807) is 10.9 Å². The highest BCUT2D eigenvalue weighted by Crippen LogP contribution is 2.27. The third-order valence-corrected chi connectivity index (χ3v) is 2.66. The molecule has 0 saturated heterocycles. The molecular formula is C12H16N4. The lowest BCUT2D eigenvalue weighted by Crippen LogP contribution is -2.08. The highest BCUT2D eigenvalue weighted by atomic mass is 15.3. The summed E-state index contributed by atoms with van der Waals surface area (Å²) in [7, 11) is 5.88. The van der Waals surface area contributed by atoms with Gasteiger partial charge in [-0.1, -0.05) is 12.1 Å². The van der Waals surface area contributed by atoms with Crippen molar-refractivity contribution in [3.05, 3.63) is 30.5 Å². The minimum atomic E-state index is 0.691. The number of aromatic nitrogens is 2. The Hall–Kier alpha value is -1.97. The molecule has 16 heavy (non-hydrogen) atoms.